The Hall–Kier alpha value is -3.44. The lowest BCUT2D eigenvalue weighted by Crippen LogP contribution is -2.53. The van der Waals surface area contributed by atoms with Crippen LogP contribution >= 0.6 is 11.6 Å². The van der Waals surface area contributed by atoms with Crippen LogP contribution in [0.3, 0.4) is 0 Å². The number of carbonyl (C=O) groups is 1. The molecule has 1 atom stereocenters. The number of nitrogens with zero attached hydrogens (tertiary/aromatic N) is 4. The number of fused-ring (bicyclic) bond motifs is 1. The number of benzene rings is 2. The van der Waals surface area contributed by atoms with Crippen LogP contribution in [0.25, 0.3) is 0 Å². The van der Waals surface area contributed by atoms with Gasteiger partial charge in [-0.15, -0.1) is 0 Å². The van der Waals surface area contributed by atoms with Crippen LogP contribution in [0.15, 0.2) is 42.6 Å². The third-order valence-corrected chi connectivity index (χ3v) is 8.43. The van der Waals surface area contributed by atoms with Gasteiger partial charge >= 0.3 is 0 Å². The molecule has 0 bridgehead atoms. The van der Waals surface area contributed by atoms with E-state index >= 15 is 0 Å². The number of nitrogens with one attached hydrogen (secondary N) is 3. The SMILES string of the molecule is CNC(=O)c1ccccc1Nc1nc(Nc2ccc3c(c2OC)CCCC(N2CCN(CC(C)(C)O)CC2)C3)ncc1Cl. The van der Waals surface area contributed by atoms with E-state index in [0.29, 0.717) is 40.6 Å². The first kappa shape index (κ1) is 31.0. The van der Waals surface area contributed by atoms with Crippen LogP contribution in [-0.4, -0.2) is 89.3 Å². The smallest absolute Gasteiger partial charge is 0.253 e. The van der Waals surface area contributed by atoms with Gasteiger partial charge in [-0.05, 0) is 68.9 Å². The van der Waals surface area contributed by atoms with E-state index in [0.717, 1.165) is 63.3 Å². The van der Waals surface area contributed by atoms with E-state index in [1.54, 1.807) is 32.4 Å². The summed E-state index contributed by atoms with van der Waals surface area (Å²) in [5, 5.41) is 19.7. The molecule has 2 heterocycles. The second kappa shape index (κ2) is 13.5. The number of anilines is 4. The summed E-state index contributed by atoms with van der Waals surface area (Å²) in [5.41, 5.74) is 3.73. The van der Waals surface area contributed by atoms with E-state index in [2.05, 4.69) is 41.8 Å². The third-order valence-electron chi connectivity index (χ3n) is 8.16. The first-order chi connectivity index (χ1) is 20.6. The minimum absolute atomic E-state index is 0.212. The van der Waals surface area contributed by atoms with Gasteiger partial charge in [0.1, 0.15) is 10.8 Å². The first-order valence-electron chi connectivity index (χ1n) is 14.9. The van der Waals surface area contributed by atoms with Gasteiger partial charge in [0.2, 0.25) is 5.95 Å². The highest BCUT2D eigenvalue weighted by Crippen LogP contribution is 2.38. The number of aliphatic hydroxyl groups is 1. The van der Waals surface area contributed by atoms with Gasteiger partial charge in [-0.1, -0.05) is 29.8 Å². The van der Waals surface area contributed by atoms with E-state index < -0.39 is 5.60 Å². The fourth-order valence-corrected chi connectivity index (χ4v) is 6.31. The zero-order chi connectivity index (χ0) is 30.6. The zero-order valence-electron chi connectivity index (χ0n) is 25.4. The molecular formula is C32H42ClN7O3. The molecule has 2 aromatic carbocycles. The lowest BCUT2D eigenvalue weighted by Gasteiger charge is -2.40. The van der Waals surface area contributed by atoms with Gasteiger partial charge in [-0.25, -0.2) is 4.98 Å². The van der Waals surface area contributed by atoms with E-state index in [1.165, 1.54) is 17.3 Å². The van der Waals surface area contributed by atoms with E-state index in [1.807, 2.05) is 26.0 Å². The van der Waals surface area contributed by atoms with Crippen LogP contribution in [0.5, 0.6) is 5.75 Å². The predicted molar refractivity (Wildman–Crippen MR) is 171 cm³/mol. The molecule has 0 spiro atoms. The number of ether oxygens (including phenoxy) is 1. The summed E-state index contributed by atoms with van der Waals surface area (Å²) in [6.07, 6.45) is 5.67. The quantitative estimate of drug-likeness (QED) is 0.259. The van der Waals surface area contributed by atoms with Gasteiger partial charge < -0.3 is 25.8 Å². The van der Waals surface area contributed by atoms with Crippen LogP contribution in [0, 0.1) is 0 Å². The van der Waals surface area contributed by atoms with Crippen LogP contribution < -0.4 is 20.7 Å². The van der Waals surface area contributed by atoms with Crippen molar-refractivity contribution in [3.05, 3.63) is 64.3 Å². The van der Waals surface area contributed by atoms with Gasteiger partial charge in [-0.3, -0.25) is 14.6 Å². The first-order valence-corrected chi connectivity index (χ1v) is 15.3. The Labute approximate surface area is 258 Å². The average molecular weight is 608 g/mol. The molecule has 1 unspecified atom stereocenters. The van der Waals surface area contributed by atoms with E-state index in [4.69, 9.17) is 16.3 Å². The van der Waals surface area contributed by atoms with Crippen molar-refractivity contribution in [1.29, 1.82) is 0 Å². The Morgan fingerprint density at radius 1 is 1.12 bits per heavy atom. The van der Waals surface area contributed by atoms with Crippen LogP contribution in [0.4, 0.5) is 23.1 Å². The molecule has 0 radical (unpaired) electrons. The van der Waals surface area contributed by atoms with Crippen LogP contribution in [0.1, 0.15) is 48.2 Å². The highest BCUT2D eigenvalue weighted by Gasteiger charge is 2.29. The Balaban J connectivity index is 1.31. The molecule has 3 aromatic rings. The number of methoxy groups -OCH3 is 1. The molecule has 1 aliphatic heterocycles. The standard InChI is InChI=1S/C32H42ClN7O3/c1-32(2,42)20-39-14-16-40(17-15-39)22-8-7-10-23-21(18-22)12-13-27(28(23)43-4)37-31-35-19-25(33)29(38-31)36-26-11-6-5-9-24(26)30(41)34-3/h5-6,9,11-13,19,22,42H,7-8,10,14-18,20H2,1-4H3,(H,34,41)(H2,35,36,37,38). The predicted octanol–water partition coefficient (Wildman–Crippen LogP) is 4.62. The lowest BCUT2D eigenvalue weighted by molar-refractivity contribution is 0.0102. The van der Waals surface area contributed by atoms with Crippen molar-refractivity contribution in [2.24, 2.45) is 0 Å². The number of hydrogen-bond acceptors (Lipinski definition) is 9. The number of para-hydroxylation sites is 1. The van der Waals surface area contributed by atoms with Crippen molar-refractivity contribution in [3.63, 3.8) is 0 Å². The molecule has 4 N–H and O–H groups in total. The molecule has 5 rings (SSSR count). The summed E-state index contributed by atoms with van der Waals surface area (Å²) in [4.78, 5) is 26.3. The topological polar surface area (TPSA) is 115 Å². The molecule has 2 aliphatic rings. The van der Waals surface area contributed by atoms with Gasteiger partial charge in [-0.2, -0.15) is 4.98 Å². The Morgan fingerprint density at radius 3 is 2.60 bits per heavy atom. The second-order valence-corrected chi connectivity index (χ2v) is 12.3. The maximum Gasteiger partial charge on any atom is 0.253 e. The Bertz CT molecular complexity index is 1440. The van der Waals surface area contributed by atoms with Gasteiger partial charge in [0, 0.05) is 45.8 Å². The summed E-state index contributed by atoms with van der Waals surface area (Å²) in [5.74, 6) is 1.34. The van der Waals surface area contributed by atoms with E-state index in [9.17, 15) is 9.90 Å². The summed E-state index contributed by atoms with van der Waals surface area (Å²) in [6, 6.07) is 11.9. The molecule has 1 saturated heterocycles. The summed E-state index contributed by atoms with van der Waals surface area (Å²) in [6.45, 7) is 8.46. The zero-order valence-corrected chi connectivity index (χ0v) is 26.2. The van der Waals surface area contributed by atoms with Crippen molar-refractivity contribution in [2.45, 2.75) is 51.2 Å². The number of piperazine rings is 1. The largest absolute Gasteiger partial charge is 0.494 e. The third kappa shape index (κ3) is 7.56. The van der Waals surface area contributed by atoms with E-state index in [-0.39, 0.29) is 5.91 Å². The Morgan fingerprint density at radius 2 is 1.88 bits per heavy atom. The van der Waals surface area contributed by atoms with Crippen LogP contribution in [0.2, 0.25) is 5.02 Å². The second-order valence-electron chi connectivity index (χ2n) is 11.9. The lowest BCUT2D eigenvalue weighted by atomic mass is 9.98. The fraction of sp³-hybridized carbons (Fsp3) is 0.469. The minimum atomic E-state index is -0.668. The molecular weight excluding hydrogens is 566 g/mol. The summed E-state index contributed by atoms with van der Waals surface area (Å²) < 4.78 is 5.97. The van der Waals surface area contributed by atoms with Crippen LogP contribution in [-0.2, 0) is 12.8 Å². The van der Waals surface area contributed by atoms with Crippen molar-refractivity contribution in [1.82, 2.24) is 25.1 Å². The van der Waals surface area contributed by atoms with Gasteiger partial charge in [0.25, 0.3) is 5.91 Å². The molecule has 1 aromatic heterocycles. The minimum Gasteiger partial charge on any atom is -0.494 e. The number of β-amino-alcohol motifs (C(OH)–C–C–N with tert-alkyl or cyclic N) is 1. The number of hydrogen-bond donors (Lipinski definition) is 4. The monoisotopic (exact) mass is 607 g/mol. The van der Waals surface area contributed by atoms with Gasteiger partial charge in [0.15, 0.2) is 5.82 Å². The molecule has 11 heteroatoms. The highest BCUT2D eigenvalue weighted by atomic mass is 35.5. The van der Waals surface area contributed by atoms with Crippen molar-refractivity contribution >= 4 is 40.6 Å². The molecule has 1 fully saturated rings. The highest BCUT2D eigenvalue weighted by molar-refractivity contribution is 6.33. The molecule has 1 aliphatic carbocycles. The number of carbonyl (C=O) groups excluding carboxylic acids is 1. The summed E-state index contributed by atoms with van der Waals surface area (Å²) in [7, 11) is 3.30. The number of aromatic nitrogens is 2. The maximum atomic E-state index is 12.3. The molecule has 10 nitrogen and oxygen atoms in total. The number of amides is 1. The van der Waals surface area contributed by atoms with Crippen molar-refractivity contribution in [2.75, 3.05) is 57.5 Å². The van der Waals surface area contributed by atoms with Crippen molar-refractivity contribution in [3.8, 4) is 5.75 Å². The fourth-order valence-electron chi connectivity index (χ4n) is 6.17. The Kier molecular flexibility index (Phi) is 9.71. The average Bonchev–Trinajstić information content (AvgIpc) is 3.21. The summed E-state index contributed by atoms with van der Waals surface area (Å²) >= 11 is 6.44. The normalized spacial score (nSPS) is 18.0. The number of halogens is 1. The maximum absolute atomic E-state index is 12.3. The molecule has 0 saturated carbocycles. The molecule has 43 heavy (non-hydrogen) atoms. The molecule has 230 valence electrons. The van der Waals surface area contributed by atoms with Gasteiger partial charge in [0.05, 0.1) is 35.8 Å². The van der Waals surface area contributed by atoms with Crippen molar-refractivity contribution < 1.29 is 14.6 Å². The number of rotatable bonds is 9. The molecule has 1 amide bonds.